The molecule has 1 heterocycles. The van der Waals surface area contributed by atoms with Crippen molar-refractivity contribution in [2.24, 2.45) is 10.7 Å². The van der Waals surface area contributed by atoms with Gasteiger partial charge in [0, 0.05) is 5.56 Å². The van der Waals surface area contributed by atoms with Crippen molar-refractivity contribution < 1.29 is 19.4 Å². The van der Waals surface area contributed by atoms with Crippen molar-refractivity contribution in [3.8, 4) is 5.75 Å². The second-order valence-electron chi connectivity index (χ2n) is 3.59. The third kappa shape index (κ3) is 3.35. The van der Waals surface area contributed by atoms with Crippen LogP contribution in [0.5, 0.6) is 5.75 Å². The number of aliphatic carboxylic acids is 1. The summed E-state index contributed by atoms with van der Waals surface area (Å²) in [5, 5.41) is 8.79. The van der Waals surface area contributed by atoms with E-state index in [1.54, 1.807) is 30.3 Å². The van der Waals surface area contributed by atoms with E-state index in [9.17, 15) is 9.59 Å². The Bertz CT molecular complexity index is 595. The van der Waals surface area contributed by atoms with E-state index in [2.05, 4.69) is 4.99 Å². The van der Waals surface area contributed by atoms with Crippen molar-refractivity contribution in [3.63, 3.8) is 0 Å². The molecule has 19 heavy (non-hydrogen) atoms. The van der Waals surface area contributed by atoms with Gasteiger partial charge in [0.25, 0.3) is 5.91 Å². The summed E-state index contributed by atoms with van der Waals surface area (Å²) in [7, 11) is 0. The quantitative estimate of drug-likeness (QED) is 0.799. The van der Waals surface area contributed by atoms with Gasteiger partial charge in [-0.25, -0.2) is 4.79 Å². The first-order chi connectivity index (χ1) is 9.06. The van der Waals surface area contributed by atoms with Crippen LogP contribution >= 0.6 is 11.8 Å². The van der Waals surface area contributed by atoms with Crippen LogP contribution in [0, 0.1) is 0 Å². The van der Waals surface area contributed by atoms with Gasteiger partial charge in [-0.1, -0.05) is 18.2 Å². The van der Waals surface area contributed by atoms with Gasteiger partial charge >= 0.3 is 5.97 Å². The normalized spacial score (nSPS) is 16.5. The SMILES string of the molecule is NC1=NC(=O)C(=Cc2ccccc2OCC(=O)O)S1. The number of thioether (sulfide) groups is 1. The topological polar surface area (TPSA) is 102 Å². The van der Waals surface area contributed by atoms with Gasteiger partial charge in [0.05, 0.1) is 4.91 Å². The monoisotopic (exact) mass is 278 g/mol. The number of carboxylic acid groups (broad SMARTS) is 1. The zero-order valence-corrected chi connectivity index (χ0v) is 10.5. The molecule has 0 bridgehead atoms. The van der Waals surface area contributed by atoms with Gasteiger partial charge in [-0.05, 0) is 23.9 Å². The van der Waals surface area contributed by atoms with Gasteiger partial charge in [0.15, 0.2) is 11.8 Å². The third-order valence-electron chi connectivity index (χ3n) is 2.19. The smallest absolute Gasteiger partial charge is 0.341 e. The van der Waals surface area contributed by atoms with Crippen LogP contribution in [0.1, 0.15) is 5.56 Å². The summed E-state index contributed by atoms with van der Waals surface area (Å²) in [5.41, 5.74) is 6.05. The molecule has 0 saturated heterocycles. The van der Waals surface area contributed by atoms with Gasteiger partial charge in [0.2, 0.25) is 0 Å². The lowest BCUT2D eigenvalue weighted by atomic mass is 10.2. The number of carboxylic acids is 1. The number of ether oxygens (including phenoxy) is 1. The van der Waals surface area contributed by atoms with Crippen LogP contribution in [0.3, 0.4) is 0 Å². The highest BCUT2D eigenvalue weighted by molar-refractivity contribution is 8.18. The van der Waals surface area contributed by atoms with E-state index in [-0.39, 0.29) is 5.17 Å². The molecule has 0 unspecified atom stereocenters. The number of nitrogens with two attached hydrogens (primary N) is 1. The average Bonchev–Trinajstić information content (AvgIpc) is 2.67. The summed E-state index contributed by atoms with van der Waals surface area (Å²) in [5.74, 6) is -1.09. The van der Waals surface area contributed by atoms with E-state index in [0.717, 1.165) is 11.8 Å². The first-order valence-corrected chi connectivity index (χ1v) is 6.09. The minimum atomic E-state index is -1.07. The van der Waals surface area contributed by atoms with E-state index >= 15 is 0 Å². The summed E-state index contributed by atoms with van der Waals surface area (Å²) in [4.78, 5) is 25.9. The predicted octanol–water partition coefficient (Wildman–Crippen LogP) is 1.08. The maximum atomic E-state index is 11.5. The fraction of sp³-hybridized carbons (Fsp3) is 0.0833. The Labute approximate surface area is 113 Å². The first kappa shape index (κ1) is 13.2. The van der Waals surface area contributed by atoms with E-state index in [1.807, 2.05) is 0 Å². The van der Waals surface area contributed by atoms with Gasteiger partial charge in [-0.3, -0.25) is 4.79 Å². The van der Waals surface area contributed by atoms with Crippen LogP contribution in [0.25, 0.3) is 6.08 Å². The standard InChI is InChI=1S/C12H10N2O4S/c13-12-14-11(17)9(19-12)5-7-3-1-2-4-8(7)18-6-10(15)16/h1-5H,6H2,(H,15,16)(H2,13,14,17). The first-order valence-electron chi connectivity index (χ1n) is 5.28. The Balaban J connectivity index is 2.23. The highest BCUT2D eigenvalue weighted by Crippen LogP contribution is 2.29. The summed E-state index contributed by atoms with van der Waals surface area (Å²) in [6.07, 6.45) is 1.58. The van der Waals surface area contributed by atoms with E-state index in [4.69, 9.17) is 15.6 Å². The molecular weight excluding hydrogens is 268 g/mol. The molecule has 1 aliphatic heterocycles. The maximum Gasteiger partial charge on any atom is 0.341 e. The fourth-order valence-corrected chi connectivity index (χ4v) is 2.11. The van der Waals surface area contributed by atoms with Gasteiger partial charge < -0.3 is 15.6 Å². The lowest BCUT2D eigenvalue weighted by molar-refractivity contribution is -0.139. The van der Waals surface area contributed by atoms with Crippen molar-refractivity contribution in [3.05, 3.63) is 34.7 Å². The van der Waals surface area contributed by atoms with Crippen molar-refractivity contribution in [1.29, 1.82) is 0 Å². The molecule has 0 aliphatic carbocycles. The number of hydrogen-bond acceptors (Lipinski definition) is 5. The van der Waals surface area contributed by atoms with Crippen molar-refractivity contribution in [2.75, 3.05) is 6.61 Å². The number of nitrogens with zero attached hydrogens (tertiary/aromatic N) is 1. The van der Waals surface area contributed by atoms with Gasteiger partial charge in [-0.2, -0.15) is 4.99 Å². The molecule has 6 nitrogen and oxygen atoms in total. The van der Waals surface area contributed by atoms with Crippen molar-refractivity contribution >= 4 is 34.9 Å². The lowest BCUT2D eigenvalue weighted by Crippen LogP contribution is -2.10. The zero-order chi connectivity index (χ0) is 13.8. The summed E-state index contributed by atoms with van der Waals surface area (Å²) >= 11 is 1.07. The highest BCUT2D eigenvalue weighted by Gasteiger charge is 2.20. The second kappa shape index (κ2) is 5.57. The highest BCUT2D eigenvalue weighted by atomic mass is 32.2. The maximum absolute atomic E-state index is 11.5. The van der Waals surface area contributed by atoms with E-state index in [0.29, 0.717) is 16.2 Å². The fourth-order valence-electron chi connectivity index (χ4n) is 1.44. The molecule has 0 spiro atoms. The molecule has 1 aromatic rings. The van der Waals surface area contributed by atoms with Crippen LogP contribution in [0.2, 0.25) is 0 Å². The number of amidine groups is 1. The largest absolute Gasteiger partial charge is 0.481 e. The number of carbonyl (C=O) groups excluding carboxylic acids is 1. The number of carbonyl (C=O) groups is 2. The van der Waals surface area contributed by atoms with Crippen LogP contribution in [-0.4, -0.2) is 28.8 Å². The number of amides is 1. The summed E-state index contributed by atoms with van der Waals surface area (Å²) in [6.45, 7) is -0.445. The summed E-state index contributed by atoms with van der Waals surface area (Å²) in [6, 6.07) is 6.82. The Morgan fingerprint density at radius 2 is 2.21 bits per heavy atom. The molecule has 7 heteroatoms. The molecule has 3 N–H and O–H groups in total. The molecule has 2 rings (SSSR count). The van der Waals surface area contributed by atoms with Crippen LogP contribution < -0.4 is 10.5 Å². The summed E-state index contributed by atoms with van der Waals surface area (Å²) < 4.78 is 5.14. The molecule has 1 amide bonds. The van der Waals surface area contributed by atoms with Crippen LogP contribution in [-0.2, 0) is 9.59 Å². The van der Waals surface area contributed by atoms with Crippen LogP contribution in [0.4, 0.5) is 0 Å². The Hall–Kier alpha value is -2.28. The Morgan fingerprint density at radius 3 is 2.84 bits per heavy atom. The predicted molar refractivity (Wildman–Crippen MR) is 71.8 cm³/mol. The number of benzene rings is 1. The number of rotatable bonds is 4. The molecule has 0 saturated carbocycles. The molecule has 0 aromatic heterocycles. The molecular formula is C12H10N2O4S. The average molecular weight is 278 g/mol. The molecule has 1 aromatic carbocycles. The number of para-hydroxylation sites is 1. The molecule has 0 radical (unpaired) electrons. The lowest BCUT2D eigenvalue weighted by Gasteiger charge is -2.06. The van der Waals surface area contributed by atoms with Crippen molar-refractivity contribution in [1.82, 2.24) is 0 Å². The van der Waals surface area contributed by atoms with E-state index in [1.165, 1.54) is 0 Å². The second-order valence-corrected chi connectivity index (χ2v) is 4.65. The minimum absolute atomic E-state index is 0.195. The minimum Gasteiger partial charge on any atom is -0.481 e. The Kier molecular flexibility index (Phi) is 3.86. The van der Waals surface area contributed by atoms with Crippen molar-refractivity contribution in [2.45, 2.75) is 0 Å². The molecule has 0 atom stereocenters. The van der Waals surface area contributed by atoms with Gasteiger partial charge in [-0.15, -0.1) is 0 Å². The zero-order valence-electron chi connectivity index (χ0n) is 9.70. The third-order valence-corrected chi connectivity index (χ3v) is 3.01. The van der Waals surface area contributed by atoms with E-state index < -0.39 is 18.5 Å². The van der Waals surface area contributed by atoms with Crippen LogP contribution in [0.15, 0.2) is 34.2 Å². The molecule has 98 valence electrons. The number of aliphatic imine (C=N–C) groups is 1. The molecule has 0 fully saturated rings. The molecule has 1 aliphatic rings. The van der Waals surface area contributed by atoms with Gasteiger partial charge in [0.1, 0.15) is 5.75 Å². The Morgan fingerprint density at radius 1 is 1.47 bits per heavy atom. The number of hydrogen-bond donors (Lipinski definition) is 2.